The third-order valence-corrected chi connectivity index (χ3v) is 3.75. The van der Waals surface area contributed by atoms with Crippen molar-refractivity contribution in [3.05, 3.63) is 34.4 Å². The number of aromatic nitrogens is 1. The first-order valence-electron chi connectivity index (χ1n) is 4.79. The summed E-state index contributed by atoms with van der Waals surface area (Å²) in [5.74, 6) is -1.02. The number of nitrogens with one attached hydrogen (secondary N) is 1. The van der Waals surface area contributed by atoms with E-state index >= 15 is 0 Å². The Morgan fingerprint density at radius 3 is 2.88 bits per heavy atom. The monoisotopic (exact) mass is 312 g/mol. The predicted octanol–water partition coefficient (Wildman–Crippen LogP) is 3.31. The zero-order valence-electron chi connectivity index (χ0n) is 8.90. The van der Waals surface area contributed by atoms with Crippen LogP contribution in [-0.4, -0.2) is 23.1 Å². The number of hydrogen-bond acceptors (Lipinski definition) is 4. The van der Waals surface area contributed by atoms with Gasteiger partial charge in [0.1, 0.15) is 0 Å². The molecule has 0 bridgehead atoms. The lowest BCUT2D eigenvalue weighted by molar-refractivity contribution is 0.0692. The van der Waals surface area contributed by atoms with Gasteiger partial charge in [-0.2, -0.15) is 0 Å². The van der Waals surface area contributed by atoms with E-state index in [9.17, 15) is 4.79 Å². The lowest BCUT2D eigenvalue weighted by Gasteiger charge is -1.99. The molecule has 88 valence electrons. The van der Waals surface area contributed by atoms with Crippen LogP contribution in [0, 0.1) is 0 Å². The number of halogens is 1. The van der Waals surface area contributed by atoms with Crippen LogP contribution in [0.3, 0.4) is 0 Å². The number of hydrogen-bond donors (Lipinski definition) is 2. The number of carboxylic acid groups (broad SMARTS) is 1. The first kappa shape index (κ1) is 12.1. The molecule has 0 atom stereocenters. The maximum atomic E-state index is 11.1. The third-order valence-electron chi connectivity index (χ3n) is 2.13. The minimum absolute atomic E-state index is 0.0810. The largest absolute Gasteiger partial charge is 0.476 e. The fourth-order valence-electron chi connectivity index (χ4n) is 1.40. The van der Waals surface area contributed by atoms with Gasteiger partial charge in [0.15, 0.2) is 10.8 Å². The molecule has 0 fully saturated rings. The van der Waals surface area contributed by atoms with E-state index < -0.39 is 5.97 Å². The summed E-state index contributed by atoms with van der Waals surface area (Å²) < 4.78 is 0.908. The summed E-state index contributed by atoms with van der Waals surface area (Å²) in [4.78, 5) is 15.8. The minimum atomic E-state index is -1.02. The number of anilines is 1. The molecule has 0 radical (unpaired) electrons. The molecule has 6 heteroatoms. The molecule has 2 rings (SSSR count). The highest BCUT2D eigenvalue weighted by Gasteiger charge is 2.18. The van der Waals surface area contributed by atoms with Crippen LogP contribution in [0.2, 0.25) is 0 Å². The van der Waals surface area contributed by atoms with Gasteiger partial charge in [0.05, 0.1) is 4.88 Å². The number of carbonyl (C=O) groups is 1. The van der Waals surface area contributed by atoms with Gasteiger partial charge in [0.2, 0.25) is 0 Å². The summed E-state index contributed by atoms with van der Waals surface area (Å²) in [7, 11) is 1.72. The van der Waals surface area contributed by atoms with Crippen molar-refractivity contribution in [3.63, 3.8) is 0 Å². The van der Waals surface area contributed by atoms with Crippen LogP contribution < -0.4 is 5.32 Å². The SMILES string of the molecule is CNc1nc(C(=O)O)c(-c2cccc(Br)c2)s1. The smallest absolute Gasteiger partial charge is 0.356 e. The normalized spacial score (nSPS) is 10.2. The van der Waals surface area contributed by atoms with Gasteiger partial charge in [-0.1, -0.05) is 39.4 Å². The Balaban J connectivity index is 2.57. The second kappa shape index (κ2) is 4.85. The maximum absolute atomic E-state index is 11.1. The average Bonchev–Trinajstić information content (AvgIpc) is 2.73. The van der Waals surface area contributed by atoms with Crippen LogP contribution in [0.15, 0.2) is 28.7 Å². The van der Waals surface area contributed by atoms with Crippen LogP contribution in [0.5, 0.6) is 0 Å². The number of nitrogens with zero attached hydrogens (tertiary/aromatic N) is 1. The fraction of sp³-hybridized carbons (Fsp3) is 0.0909. The Bertz CT molecular complexity index is 568. The summed E-state index contributed by atoms with van der Waals surface area (Å²) in [6, 6.07) is 7.50. The Kier molecular flexibility index (Phi) is 3.44. The zero-order valence-corrected chi connectivity index (χ0v) is 11.3. The zero-order chi connectivity index (χ0) is 12.4. The molecular weight excluding hydrogens is 304 g/mol. The Hall–Kier alpha value is -1.40. The summed E-state index contributed by atoms with van der Waals surface area (Å²) in [5.41, 5.74) is 0.924. The predicted molar refractivity (Wildman–Crippen MR) is 71.8 cm³/mol. The van der Waals surface area contributed by atoms with E-state index in [1.165, 1.54) is 11.3 Å². The molecule has 1 aromatic heterocycles. The van der Waals surface area contributed by atoms with Crippen LogP contribution >= 0.6 is 27.3 Å². The van der Waals surface area contributed by atoms with Gasteiger partial charge in [-0.3, -0.25) is 0 Å². The van der Waals surface area contributed by atoms with Crippen molar-refractivity contribution in [2.75, 3.05) is 12.4 Å². The van der Waals surface area contributed by atoms with Crippen molar-refractivity contribution in [2.45, 2.75) is 0 Å². The van der Waals surface area contributed by atoms with Gasteiger partial charge in [0, 0.05) is 11.5 Å². The average molecular weight is 313 g/mol. The molecule has 0 unspecified atom stereocenters. The van der Waals surface area contributed by atoms with E-state index in [0.717, 1.165) is 10.0 Å². The molecule has 0 amide bonds. The van der Waals surface area contributed by atoms with Gasteiger partial charge in [0.25, 0.3) is 0 Å². The van der Waals surface area contributed by atoms with Gasteiger partial charge in [-0.05, 0) is 17.7 Å². The molecule has 1 heterocycles. The van der Waals surface area contributed by atoms with E-state index in [2.05, 4.69) is 26.2 Å². The Morgan fingerprint density at radius 2 is 2.29 bits per heavy atom. The summed E-state index contributed by atoms with van der Waals surface area (Å²) >= 11 is 4.69. The molecule has 0 aliphatic rings. The van der Waals surface area contributed by atoms with Gasteiger partial charge >= 0.3 is 5.97 Å². The highest BCUT2D eigenvalue weighted by atomic mass is 79.9. The minimum Gasteiger partial charge on any atom is -0.476 e. The van der Waals surface area contributed by atoms with Crippen LogP contribution in [0.25, 0.3) is 10.4 Å². The number of rotatable bonds is 3. The molecule has 0 spiro atoms. The molecule has 0 saturated carbocycles. The first-order chi connectivity index (χ1) is 8.11. The Morgan fingerprint density at radius 1 is 1.53 bits per heavy atom. The van der Waals surface area contributed by atoms with E-state index in [4.69, 9.17) is 5.11 Å². The molecule has 0 saturated heterocycles. The van der Waals surface area contributed by atoms with E-state index in [1.54, 1.807) is 7.05 Å². The number of thiazole rings is 1. The molecule has 1 aromatic carbocycles. The van der Waals surface area contributed by atoms with Crippen molar-refractivity contribution in [1.29, 1.82) is 0 Å². The number of aromatic carboxylic acids is 1. The molecule has 17 heavy (non-hydrogen) atoms. The standard InChI is InChI=1S/C11H9BrN2O2S/c1-13-11-14-8(10(15)16)9(17-11)6-3-2-4-7(12)5-6/h2-5H,1H3,(H,13,14)(H,15,16). The molecule has 2 aromatic rings. The van der Waals surface area contributed by atoms with E-state index in [-0.39, 0.29) is 5.69 Å². The highest BCUT2D eigenvalue weighted by Crippen LogP contribution is 2.34. The lowest BCUT2D eigenvalue weighted by atomic mass is 10.1. The maximum Gasteiger partial charge on any atom is 0.356 e. The first-order valence-corrected chi connectivity index (χ1v) is 6.40. The molecule has 2 N–H and O–H groups in total. The van der Waals surface area contributed by atoms with Crippen molar-refractivity contribution in [1.82, 2.24) is 4.98 Å². The van der Waals surface area contributed by atoms with Crippen molar-refractivity contribution in [3.8, 4) is 10.4 Å². The third kappa shape index (κ3) is 2.48. The number of benzene rings is 1. The van der Waals surface area contributed by atoms with Crippen molar-refractivity contribution >= 4 is 38.4 Å². The molecular formula is C11H9BrN2O2S. The topological polar surface area (TPSA) is 62.2 Å². The molecule has 0 aliphatic heterocycles. The van der Waals surface area contributed by atoms with Gasteiger partial charge in [-0.25, -0.2) is 9.78 Å². The fourth-order valence-corrected chi connectivity index (χ4v) is 2.70. The van der Waals surface area contributed by atoms with E-state index in [0.29, 0.717) is 10.0 Å². The van der Waals surface area contributed by atoms with Crippen LogP contribution in [0.1, 0.15) is 10.5 Å². The van der Waals surface area contributed by atoms with Crippen molar-refractivity contribution < 1.29 is 9.90 Å². The Labute approximate surface area is 110 Å². The van der Waals surface area contributed by atoms with Crippen molar-refractivity contribution in [2.24, 2.45) is 0 Å². The second-order valence-corrected chi connectivity index (χ2v) is 5.18. The van der Waals surface area contributed by atoms with E-state index in [1.807, 2.05) is 24.3 Å². The summed E-state index contributed by atoms with van der Waals surface area (Å²) in [6.45, 7) is 0. The highest BCUT2D eigenvalue weighted by molar-refractivity contribution is 9.10. The quantitative estimate of drug-likeness (QED) is 0.912. The van der Waals surface area contributed by atoms with Gasteiger partial charge in [-0.15, -0.1) is 0 Å². The second-order valence-electron chi connectivity index (χ2n) is 3.26. The van der Waals surface area contributed by atoms with Crippen LogP contribution in [0.4, 0.5) is 5.13 Å². The molecule has 4 nitrogen and oxygen atoms in total. The van der Waals surface area contributed by atoms with Gasteiger partial charge < -0.3 is 10.4 Å². The number of carboxylic acids is 1. The van der Waals surface area contributed by atoms with Crippen LogP contribution in [-0.2, 0) is 0 Å². The molecule has 0 aliphatic carbocycles. The lowest BCUT2D eigenvalue weighted by Crippen LogP contribution is -1.99. The summed E-state index contributed by atoms with van der Waals surface area (Å²) in [6.07, 6.45) is 0. The summed E-state index contributed by atoms with van der Waals surface area (Å²) in [5, 5.41) is 12.6.